The van der Waals surface area contributed by atoms with Gasteiger partial charge in [-0.05, 0) is 18.4 Å². The van der Waals surface area contributed by atoms with Crippen LogP contribution in [-0.2, 0) is 15.6 Å². The van der Waals surface area contributed by atoms with Crippen molar-refractivity contribution in [1.82, 2.24) is 14.8 Å². The van der Waals surface area contributed by atoms with Crippen LogP contribution < -0.4 is 0 Å². The fourth-order valence-corrected chi connectivity index (χ4v) is 2.93. The lowest BCUT2D eigenvalue weighted by molar-refractivity contribution is 0.488. The largest absolute Gasteiger partial charge is 0.297 e. The van der Waals surface area contributed by atoms with Gasteiger partial charge in [-0.25, -0.2) is 8.42 Å². The zero-order valence-corrected chi connectivity index (χ0v) is 13.1. The highest BCUT2D eigenvalue weighted by atomic mass is 35.7. The normalized spacial score (nSPS) is 12.1. The number of aryl methyl sites for hydroxylation is 1. The fraction of sp³-hybridized carbons (Fsp3) is 0.385. The van der Waals surface area contributed by atoms with Crippen molar-refractivity contribution < 1.29 is 8.42 Å². The molecule has 20 heavy (non-hydrogen) atoms. The third-order valence-electron chi connectivity index (χ3n) is 2.87. The van der Waals surface area contributed by atoms with E-state index in [0.29, 0.717) is 12.4 Å². The molecule has 7 heteroatoms. The molecule has 0 unspecified atom stereocenters. The molecule has 2 rings (SSSR count). The zero-order chi connectivity index (χ0) is 14.9. The van der Waals surface area contributed by atoms with Crippen LogP contribution >= 0.6 is 10.7 Å². The van der Waals surface area contributed by atoms with E-state index in [1.165, 1.54) is 0 Å². The SMILES string of the molecule is Cc1ccccc1-c1nnc(S(=O)(=O)Cl)n1CC(C)C. The lowest BCUT2D eigenvalue weighted by Crippen LogP contribution is -2.12. The maximum absolute atomic E-state index is 11.6. The predicted octanol–water partition coefficient (Wildman–Crippen LogP) is 2.84. The molecule has 0 radical (unpaired) electrons. The van der Waals surface area contributed by atoms with E-state index in [0.717, 1.165) is 11.1 Å². The molecule has 0 spiro atoms. The van der Waals surface area contributed by atoms with Gasteiger partial charge in [0.2, 0.25) is 0 Å². The molecule has 0 saturated heterocycles. The van der Waals surface area contributed by atoms with Crippen LogP contribution in [0.15, 0.2) is 29.4 Å². The van der Waals surface area contributed by atoms with Crippen LogP contribution in [0.2, 0.25) is 0 Å². The molecule has 5 nitrogen and oxygen atoms in total. The van der Waals surface area contributed by atoms with Crippen LogP contribution in [0.5, 0.6) is 0 Å². The molecule has 1 aromatic heterocycles. The summed E-state index contributed by atoms with van der Waals surface area (Å²) in [6, 6.07) is 7.63. The standard InChI is InChI=1S/C13H16ClN3O2S/c1-9(2)8-17-12(11-7-5-4-6-10(11)3)15-16-13(17)20(14,18)19/h4-7,9H,8H2,1-3H3. The monoisotopic (exact) mass is 313 g/mol. The number of hydrogen-bond donors (Lipinski definition) is 0. The summed E-state index contributed by atoms with van der Waals surface area (Å²) in [7, 11) is 1.52. The Morgan fingerprint density at radius 1 is 1.25 bits per heavy atom. The average molecular weight is 314 g/mol. The third-order valence-corrected chi connectivity index (χ3v) is 4.02. The molecule has 2 aromatic rings. The lowest BCUT2D eigenvalue weighted by Gasteiger charge is -2.12. The highest BCUT2D eigenvalue weighted by Crippen LogP contribution is 2.25. The molecule has 108 valence electrons. The lowest BCUT2D eigenvalue weighted by atomic mass is 10.1. The Labute approximate surface area is 123 Å². The minimum absolute atomic E-state index is 0.203. The van der Waals surface area contributed by atoms with Crippen molar-refractivity contribution in [1.29, 1.82) is 0 Å². The van der Waals surface area contributed by atoms with Gasteiger partial charge in [-0.1, -0.05) is 38.1 Å². The maximum atomic E-state index is 11.6. The van der Waals surface area contributed by atoms with Crippen molar-refractivity contribution in [3.05, 3.63) is 29.8 Å². The Balaban J connectivity index is 2.66. The second kappa shape index (κ2) is 5.54. The van der Waals surface area contributed by atoms with Gasteiger partial charge in [0, 0.05) is 22.8 Å². The van der Waals surface area contributed by atoms with Crippen molar-refractivity contribution in [2.75, 3.05) is 0 Å². The van der Waals surface area contributed by atoms with E-state index in [9.17, 15) is 8.42 Å². The topological polar surface area (TPSA) is 64.8 Å². The summed E-state index contributed by atoms with van der Waals surface area (Å²) in [5.41, 5.74) is 1.86. The summed E-state index contributed by atoms with van der Waals surface area (Å²) in [4.78, 5) is 0. The molecule has 0 aliphatic heterocycles. The molecule has 0 aliphatic rings. The van der Waals surface area contributed by atoms with E-state index in [1.807, 2.05) is 45.0 Å². The first-order valence-electron chi connectivity index (χ1n) is 6.24. The van der Waals surface area contributed by atoms with E-state index < -0.39 is 9.05 Å². The second-order valence-corrected chi connectivity index (χ2v) is 7.52. The molecule has 0 saturated carbocycles. The van der Waals surface area contributed by atoms with E-state index in [2.05, 4.69) is 10.2 Å². The van der Waals surface area contributed by atoms with E-state index >= 15 is 0 Å². The van der Waals surface area contributed by atoms with Gasteiger partial charge in [0.05, 0.1) is 0 Å². The third kappa shape index (κ3) is 3.02. The number of benzene rings is 1. The van der Waals surface area contributed by atoms with Crippen LogP contribution in [0.4, 0.5) is 0 Å². The van der Waals surface area contributed by atoms with Crippen LogP contribution in [0, 0.1) is 12.8 Å². The Morgan fingerprint density at radius 3 is 2.45 bits per heavy atom. The first-order valence-corrected chi connectivity index (χ1v) is 8.55. The van der Waals surface area contributed by atoms with Gasteiger partial charge in [-0.2, -0.15) is 0 Å². The van der Waals surface area contributed by atoms with Gasteiger partial charge in [-0.15, -0.1) is 10.2 Å². The van der Waals surface area contributed by atoms with Crippen molar-refractivity contribution in [3.63, 3.8) is 0 Å². The molecule has 1 heterocycles. The van der Waals surface area contributed by atoms with Crippen LogP contribution in [0.25, 0.3) is 11.4 Å². The van der Waals surface area contributed by atoms with Crippen LogP contribution in [0.3, 0.4) is 0 Å². The predicted molar refractivity (Wildman–Crippen MR) is 78.1 cm³/mol. The first-order chi connectivity index (χ1) is 9.30. The van der Waals surface area contributed by atoms with Gasteiger partial charge < -0.3 is 0 Å². The highest BCUT2D eigenvalue weighted by Gasteiger charge is 2.24. The average Bonchev–Trinajstić information content (AvgIpc) is 2.72. The van der Waals surface area contributed by atoms with Crippen molar-refractivity contribution in [2.45, 2.75) is 32.5 Å². The van der Waals surface area contributed by atoms with E-state index in [1.54, 1.807) is 4.57 Å². The van der Waals surface area contributed by atoms with Crippen molar-refractivity contribution in [2.24, 2.45) is 5.92 Å². The minimum Gasteiger partial charge on any atom is -0.297 e. The number of nitrogens with zero attached hydrogens (tertiary/aromatic N) is 3. The Bertz CT molecular complexity index is 723. The second-order valence-electron chi connectivity index (χ2n) is 5.06. The summed E-state index contributed by atoms with van der Waals surface area (Å²) in [6.07, 6.45) is 0. The molecule has 0 bridgehead atoms. The molecule has 0 fully saturated rings. The Hall–Kier alpha value is -1.40. The molecule has 1 aromatic carbocycles. The molecule has 0 N–H and O–H groups in total. The minimum atomic E-state index is -3.92. The van der Waals surface area contributed by atoms with Gasteiger partial charge >= 0.3 is 0 Å². The number of halogens is 1. The fourth-order valence-electron chi connectivity index (χ4n) is 2.02. The first kappa shape index (κ1) is 15.0. The van der Waals surface area contributed by atoms with Crippen LogP contribution in [0.1, 0.15) is 19.4 Å². The molecular weight excluding hydrogens is 298 g/mol. The zero-order valence-electron chi connectivity index (χ0n) is 11.5. The van der Waals surface area contributed by atoms with E-state index in [-0.39, 0.29) is 11.1 Å². The van der Waals surface area contributed by atoms with Gasteiger partial charge in [0.15, 0.2) is 5.82 Å². The summed E-state index contributed by atoms with van der Waals surface area (Å²) in [5.74, 6) is 0.766. The number of aromatic nitrogens is 3. The maximum Gasteiger partial charge on any atom is 0.296 e. The quantitative estimate of drug-likeness (QED) is 0.814. The molecule has 0 atom stereocenters. The van der Waals surface area contributed by atoms with Gasteiger partial charge in [0.25, 0.3) is 14.2 Å². The Kier molecular flexibility index (Phi) is 4.15. The molecular formula is C13H16ClN3O2S. The summed E-state index contributed by atoms with van der Waals surface area (Å²) >= 11 is 0. The summed E-state index contributed by atoms with van der Waals surface area (Å²) < 4.78 is 24.8. The smallest absolute Gasteiger partial charge is 0.296 e. The highest BCUT2D eigenvalue weighted by molar-refractivity contribution is 8.13. The summed E-state index contributed by atoms with van der Waals surface area (Å²) in [5, 5.41) is 7.56. The van der Waals surface area contributed by atoms with Crippen molar-refractivity contribution in [3.8, 4) is 11.4 Å². The van der Waals surface area contributed by atoms with Crippen LogP contribution in [-0.4, -0.2) is 23.2 Å². The summed E-state index contributed by atoms with van der Waals surface area (Å²) in [6.45, 7) is 6.41. The van der Waals surface area contributed by atoms with E-state index in [4.69, 9.17) is 10.7 Å². The molecule has 0 aliphatic carbocycles. The van der Waals surface area contributed by atoms with Gasteiger partial charge in [0.1, 0.15) is 0 Å². The molecule has 0 amide bonds. The van der Waals surface area contributed by atoms with Crippen molar-refractivity contribution >= 4 is 19.7 Å². The Morgan fingerprint density at radius 2 is 1.90 bits per heavy atom. The number of rotatable bonds is 4. The van der Waals surface area contributed by atoms with Gasteiger partial charge in [-0.3, -0.25) is 4.57 Å². The number of hydrogen-bond acceptors (Lipinski definition) is 4.